The average Bonchev–Trinajstić information content (AvgIpc) is 2.81. The third-order valence-corrected chi connectivity index (χ3v) is 6.38. The highest BCUT2D eigenvalue weighted by atomic mass is 16.3. The van der Waals surface area contributed by atoms with E-state index in [4.69, 9.17) is 0 Å². The predicted octanol–water partition coefficient (Wildman–Crippen LogP) is 0.929. The minimum Gasteiger partial charge on any atom is -0.390 e. The normalized spacial score (nSPS) is 47.6. The van der Waals surface area contributed by atoms with Gasteiger partial charge in [0, 0.05) is 25.7 Å². The molecule has 0 aromatic heterocycles. The minimum absolute atomic E-state index is 0.00435. The minimum atomic E-state index is -0.447. The molecule has 4 saturated carbocycles. The van der Waals surface area contributed by atoms with Crippen LogP contribution in [0.3, 0.4) is 0 Å². The van der Waals surface area contributed by atoms with Gasteiger partial charge in [0.05, 0.1) is 12.1 Å². The smallest absolute Gasteiger partial charge is 0.317 e. The lowest BCUT2D eigenvalue weighted by Gasteiger charge is -2.57. The molecule has 4 bridgehead atoms. The van der Waals surface area contributed by atoms with Crippen LogP contribution in [-0.2, 0) is 0 Å². The van der Waals surface area contributed by atoms with Crippen LogP contribution in [0.15, 0.2) is 0 Å². The highest BCUT2D eigenvalue weighted by Gasteiger charge is 2.52. The summed E-state index contributed by atoms with van der Waals surface area (Å²) in [5.74, 6) is 2.50. The monoisotopic (exact) mass is 293 g/mol. The summed E-state index contributed by atoms with van der Waals surface area (Å²) in [5, 5.41) is 16.5. The number of aliphatic hydroxyl groups excluding tert-OH is 1. The van der Waals surface area contributed by atoms with Gasteiger partial charge in [-0.2, -0.15) is 0 Å². The number of urea groups is 1. The average molecular weight is 293 g/mol. The van der Waals surface area contributed by atoms with E-state index in [-0.39, 0.29) is 17.6 Å². The molecule has 1 aliphatic heterocycles. The molecule has 0 aromatic rings. The molecule has 0 radical (unpaired) electrons. The number of amides is 2. The number of hydrogen-bond acceptors (Lipinski definition) is 3. The number of nitrogens with zero attached hydrogens (tertiary/aromatic N) is 1. The fourth-order valence-corrected chi connectivity index (χ4v) is 5.78. The van der Waals surface area contributed by atoms with E-state index < -0.39 is 6.10 Å². The van der Waals surface area contributed by atoms with Crippen molar-refractivity contribution in [2.24, 2.45) is 17.8 Å². The number of carbonyl (C=O) groups is 1. The molecular formula is C16H27N3O2. The molecule has 5 fully saturated rings. The molecule has 5 heteroatoms. The van der Waals surface area contributed by atoms with Gasteiger partial charge in [0.25, 0.3) is 0 Å². The first-order valence-corrected chi connectivity index (χ1v) is 8.48. The molecule has 5 rings (SSSR count). The predicted molar refractivity (Wildman–Crippen MR) is 79.9 cm³/mol. The Hall–Kier alpha value is -0.810. The van der Waals surface area contributed by atoms with Crippen molar-refractivity contribution < 1.29 is 9.90 Å². The lowest BCUT2D eigenvalue weighted by Crippen LogP contribution is -2.62. The first kappa shape index (κ1) is 13.8. The van der Waals surface area contributed by atoms with Gasteiger partial charge < -0.3 is 20.6 Å². The molecule has 4 aliphatic carbocycles. The van der Waals surface area contributed by atoms with Crippen LogP contribution < -0.4 is 10.6 Å². The topological polar surface area (TPSA) is 64.6 Å². The van der Waals surface area contributed by atoms with Gasteiger partial charge in [0.15, 0.2) is 0 Å². The summed E-state index contributed by atoms with van der Waals surface area (Å²) in [6, 6.07) is -0.0939. The molecule has 0 aromatic carbocycles. The van der Waals surface area contributed by atoms with E-state index in [1.807, 2.05) is 7.05 Å². The van der Waals surface area contributed by atoms with E-state index in [0.29, 0.717) is 13.1 Å². The number of rotatable bonds is 2. The highest BCUT2D eigenvalue weighted by Crippen LogP contribution is 2.55. The van der Waals surface area contributed by atoms with Crippen LogP contribution in [0.4, 0.5) is 4.79 Å². The van der Waals surface area contributed by atoms with Crippen molar-refractivity contribution in [3.05, 3.63) is 0 Å². The van der Waals surface area contributed by atoms with Crippen molar-refractivity contribution >= 4 is 6.03 Å². The first-order chi connectivity index (χ1) is 10.0. The second-order valence-corrected chi connectivity index (χ2v) is 8.03. The Labute approximate surface area is 126 Å². The van der Waals surface area contributed by atoms with Gasteiger partial charge in [-0.15, -0.1) is 0 Å². The zero-order valence-corrected chi connectivity index (χ0v) is 12.8. The molecule has 1 heterocycles. The molecule has 0 spiro atoms. The zero-order chi connectivity index (χ0) is 14.6. The third-order valence-electron chi connectivity index (χ3n) is 6.38. The summed E-state index contributed by atoms with van der Waals surface area (Å²) in [6.45, 7) is 1.27. The third kappa shape index (κ3) is 2.34. The quantitative estimate of drug-likeness (QED) is 0.710. The summed E-state index contributed by atoms with van der Waals surface area (Å²) in [5.41, 5.74) is 0.0527. The molecule has 2 atom stereocenters. The van der Waals surface area contributed by atoms with Gasteiger partial charge in [-0.1, -0.05) is 0 Å². The van der Waals surface area contributed by atoms with Crippen molar-refractivity contribution in [3.63, 3.8) is 0 Å². The maximum atomic E-state index is 12.6. The molecule has 5 nitrogen and oxygen atoms in total. The van der Waals surface area contributed by atoms with Crippen molar-refractivity contribution in [2.75, 3.05) is 20.1 Å². The van der Waals surface area contributed by atoms with E-state index in [9.17, 15) is 9.90 Å². The van der Waals surface area contributed by atoms with Crippen molar-refractivity contribution in [1.29, 1.82) is 0 Å². The van der Waals surface area contributed by atoms with E-state index in [0.717, 1.165) is 17.8 Å². The number of hydrogen-bond donors (Lipinski definition) is 3. The van der Waals surface area contributed by atoms with E-state index >= 15 is 0 Å². The number of likely N-dealkylation sites (N-methyl/N-ethyl adjacent to an activating group) is 1. The van der Waals surface area contributed by atoms with E-state index in [1.165, 1.54) is 38.5 Å². The molecule has 118 valence electrons. The maximum absolute atomic E-state index is 12.6. The number of nitrogens with one attached hydrogen (secondary N) is 2. The molecule has 5 aliphatic rings. The SMILES string of the molecule is CN(C(=O)NC12CC3CC(CC(C3)C1)C2)[C@H]1CNC[C@@H]1O. The number of aliphatic hydroxyl groups is 1. The van der Waals surface area contributed by atoms with Gasteiger partial charge in [0.1, 0.15) is 0 Å². The van der Waals surface area contributed by atoms with Crippen LogP contribution in [0.5, 0.6) is 0 Å². The van der Waals surface area contributed by atoms with Gasteiger partial charge in [-0.05, 0) is 56.3 Å². The number of carbonyl (C=O) groups excluding carboxylic acids is 1. The Morgan fingerprint density at radius 1 is 1.14 bits per heavy atom. The molecular weight excluding hydrogens is 266 g/mol. The first-order valence-electron chi connectivity index (χ1n) is 8.48. The van der Waals surface area contributed by atoms with Crippen molar-refractivity contribution in [1.82, 2.24) is 15.5 Å². The van der Waals surface area contributed by atoms with Gasteiger partial charge in [-0.25, -0.2) is 4.79 Å². The van der Waals surface area contributed by atoms with Crippen LogP contribution >= 0.6 is 0 Å². The molecule has 2 amide bonds. The van der Waals surface area contributed by atoms with Crippen molar-refractivity contribution in [2.45, 2.75) is 56.2 Å². The molecule has 0 unspecified atom stereocenters. The Kier molecular flexibility index (Phi) is 3.19. The van der Waals surface area contributed by atoms with Gasteiger partial charge >= 0.3 is 6.03 Å². The lowest BCUT2D eigenvalue weighted by atomic mass is 9.53. The maximum Gasteiger partial charge on any atom is 0.317 e. The fraction of sp³-hybridized carbons (Fsp3) is 0.938. The fourth-order valence-electron chi connectivity index (χ4n) is 5.78. The second kappa shape index (κ2) is 4.85. The summed E-state index contributed by atoms with van der Waals surface area (Å²) < 4.78 is 0. The zero-order valence-electron chi connectivity index (χ0n) is 12.8. The molecule has 1 saturated heterocycles. The Bertz CT molecular complexity index is 404. The van der Waals surface area contributed by atoms with Crippen LogP contribution in [0, 0.1) is 17.8 Å². The lowest BCUT2D eigenvalue weighted by molar-refractivity contribution is -0.0167. The summed E-state index contributed by atoms with van der Waals surface area (Å²) in [4.78, 5) is 14.3. The van der Waals surface area contributed by atoms with E-state index in [2.05, 4.69) is 10.6 Å². The van der Waals surface area contributed by atoms with Crippen LogP contribution in [0.2, 0.25) is 0 Å². The van der Waals surface area contributed by atoms with Gasteiger partial charge in [-0.3, -0.25) is 0 Å². The van der Waals surface area contributed by atoms with Gasteiger partial charge in [0.2, 0.25) is 0 Å². The van der Waals surface area contributed by atoms with Crippen molar-refractivity contribution in [3.8, 4) is 0 Å². The van der Waals surface area contributed by atoms with E-state index in [1.54, 1.807) is 4.90 Å². The Morgan fingerprint density at radius 2 is 1.71 bits per heavy atom. The summed E-state index contributed by atoms with van der Waals surface area (Å²) in [6.07, 6.45) is 7.22. The summed E-state index contributed by atoms with van der Waals surface area (Å²) in [7, 11) is 1.82. The largest absolute Gasteiger partial charge is 0.390 e. The Morgan fingerprint density at radius 3 is 2.19 bits per heavy atom. The van der Waals surface area contributed by atoms with Crippen LogP contribution in [0.1, 0.15) is 38.5 Å². The summed E-state index contributed by atoms with van der Waals surface area (Å²) >= 11 is 0. The number of β-amino-alcohol motifs (C(OH)–C–C–N with tert-alkyl or cyclic N) is 1. The standard InChI is InChI=1S/C16H27N3O2/c1-19(13-8-17-9-14(13)20)15(21)18-16-5-10-2-11(6-16)4-12(3-10)7-16/h10-14,17,20H,2-9H2,1H3,(H,18,21)/t10?,11?,12?,13-,14-,16?/m0/s1. The van der Waals surface area contributed by atoms with Crippen LogP contribution in [-0.4, -0.2) is 53.9 Å². The second-order valence-electron chi connectivity index (χ2n) is 8.03. The van der Waals surface area contributed by atoms with Crippen LogP contribution in [0.25, 0.3) is 0 Å². The molecule has 21 heavy (non-hydrogen) atoms. The highest BCUT2D eigenvalue weighted by molar-refractivity contribution is 5.75. The Balaban J connectivity index is 1.44. The molecule has 3 N–H and O–H groups in total.